The predicted molar refractivity (Wildman–Crippen MR) is 89.0 cm³/mol. The molecular formula is C20H15NO2. The summed E-state index contributed by atoms with van der Waals surface area (Å²) < 4.78 is 0. The fourth-order valence-corrected chi connectivity index (χ4v) is 3.01. The molecule has 0 spiro atoms. The molecule has 1 N–H and O–H groups in total. The minimum Gasteiger partial charge on any atom is -0.480 e. The zero-order valence-corrected chi connectivity index (χ0v) is 12.4. The van der Waals surface area contributed by atoms with Crippen molar-refractivity contribution in [2.24, 2.45) is 5.92 Å². The zero-order valence-electron chi connectivity index (χ0n) is 12.4. The molecule has 2 atom stereocenters. The summed E-state index contributed by atoms with van der Waals surface area (Å²) >= 11 is 0. The van der Waals surface area contributed by atoms with E-state index in [1.54, 1.807) is 0 Å². The average Bonchev–Trinajstić information content (AvgIpc) is 2.59. The highest BCUT2D eigenvalue weighted by Gasteiger charge is 2.31. The second kappa shape index (κ2) is 6.33. The summed E-state index contributed by atoms with van der Waals surface area (Å²) in [6.45, 7) is 0. The van der Waals surface area contributed by atoms with Crippen LogP contribution in [0.1, 0.15) is 17.0 Å². The van der Waals surface area contributed by atoms with Gasteiger partial charge in [-0.1, -0.05) is 72.8 Å². The molecular weight excluding hydrogens is 286 g/mol. The number of nitrogens with zero attached hydrogens (tertiary/aromatic N) is 1. The normalized spacial score (nSPS) is 13.2. The second-order valence-corrected chi connectivity index (χ2v) is 5.40. The molecule has 112 valence electrons. The van der Waals surface area contributed by atoms with Crippen LogP contribution in [0.2, 0.25) is 0 Å². The number of carboxylic acids is 1. The molecule has 0 aromatic heterocycles. The molecule has 3 nitrogen and oxygen atoms in total. The summed E-state index contributed by atoms with van der Waals surface area (Å²) in [5, 5.41) is 21.0. The number of fused-ring (bicyclic) bond motifs is 1. The topological polar surface area (TPSA) is 61.1 Å². The van der Waals surface area contributed by atoms with E-state index in [2.05, 4.69) is 0 Å². The van der Waals surface area contributed by atoms with Crippen LogP contribution in [0.3, 0.4) is 0 Å². The van der Waals surface area contributed by atoms with Crippen molar-refractivity contribution in [2.75, 3.05) is 0 Å². The SMILES string of the molecule is N#CC(C(=O)O)C(c1ccccc1)c1cccc2ccccc12. The van der Waals surface area contributed by atoms with Gasteiger partial charge in [0, 0.05) is 5.92 Å². The summed E-state index contributed by atoms with van der Waals surface area (Å²) in [5.41, 5.74) is 1.70. The van der Waals surface area contributed by atoms with E-state index < -0.39 is 17.8 Å². The van der Waals surface area contributed by atoms with E-state index in [1.807, 2.05) is 78.9 Å². The van der Waals surface area contributed by atoms with Crippen molar-refractivity contribution in [1.29, 1.82) is 5.26 Å². The van der Waals surface area contributed by atoms with E-state index in [-0.39, 0.29) is 0 Å². The van der Waals surface area contributed by atoms with Crippen LogP contribution in [0.4, 0.5) is 0 Å². The van der Waals surface area contributed by atoms with Gasteiger partial charge < -0.3 is 5.11 Å². The Bertz CT molecular complexity index is 876. The third-order valence-corrected chi connectivity index (χ3v) is 4.06. The lowest BCUT2D eigenvalue weighted by atomic mass is 9.79. The standard InChI is InChI=1S/C20H15NO2/c21-13-18(20(22)23)19(15-8-2-1-3-9-15)17-12-6-10-14-7-4-5-11-16(14)17/h1-12,18-19H,(H,22,23). The zero-order chi connectivity index (χ0) is 16.2. The van der Waals surface area contributed by atoms with Gasteiger partial charge in [0.1, 0.15) is 0 Å². The number of rotatable bonds is 4. The highest BCUT2D eigenvalue weighted by atomic mass is 16.4. The molecule has 0 aliphatic rings. The van der Waals surface area contributed by atoms with Crippen LogP contribution in [0.25, 0.3) is 10.8 Å². The first-order valence-electron chi connectivity index (χ1n) is 7.37. The maximum Gasteiger partial charge on any atom is 0.321 e. The summed E-state index contributed by atoms with van der Waals surface area (Å²) in [6.07, 6.45) is 0. The molecule has 0 amide bonds. The Morgan fingerprint density at radius 1 is 0.913 bits per heavy atom. The fourth-order valence-electron chi connectivity index (χ4n) is 3.01. The van der Waals surface area contributed by atoms with Gasteiger partial charge in [-0.15, -0.1) is 0 Å². The molecule has 0 bridgehead atoms. The van der Waals surface area contributed by atoms with Crippen molar-refractivity contribution < 1.29 is 9.90 Å². The molecule has 0 aliphatic heterocycles. The first-order valence-corrected chi connectivity index (χ1v) is 7.37. The number of hydrogen-bond donors (Lipinski definition) is 1. The van der Waals surface area contributed by atoms with Gasteiger partial charge in [0.05, 0.1) is 6.07 Å². The van der Waals surface area contributed by atoms with Crippen LogP contribution in [0, 0.1) is 17.2 Å². The van der Waals surface area contributed by atoms with Gasteiger partial charge >= 0.3 is 5.97 Å². The average molecular weight is 301 g/mol. The third-order valence-electron chi connectivity index (χ3n) is 4.06. The van der Waals surface area contributed by atoms with Crippen molar-refractivity contribution in [1.82, 2.24) is 0 Å². The Balaban J connectivity index is 2.27. The van der Waals surface area contributed by atoms with Gasteiger partial charge in [0.2, 0.25) is 0 Å². The smallest absolute Gasteiger partial charge is 0.321 e. The van der Waals surface area contributed by atoms with Crippen molar-refractivity contribution in [3.8, 4) is 6.07 Å². The van der Waals surface area contributed by atoms with Gasteiger partial charge in [-0.25, -0.2) is 0 Å². The van der Waals surface area contributed by atoms with E-state index in [0.29, 0.717) is 0 Å². The van der Waals surface area contributed by atoms with Gasteiger partial charge in [0.15, 0.2) is 5.92 Å². The third kappa shape index (κ3) is 2.79. The highest BCUT2D eigenvalue weighted by molar-refractivity contribution is 5.88. The molecule has 3 heteroatoms. The van der Waals surface area contributed by atoms with Crippen molar-refractivity contribution >= 4 is 16.7 Å². The van der Waals surface area contributed by atoms with E-state index in [0.717, 1.165) is 21.9 Å². The summed E-state index contributed by atoms with van der Waals surface area (Å²) in [5.74, 6) is -2.75. The van der Waals surface area contributed by atoms with Crippen LogP contribution in [-0.2, 0) is 4.79 Å². The molecule has 3 aromatic rings. The lowest BCUT2D eigenvalue weighted by Crippen LogP contribution is -2.21. The first-order chi connectivity index (χ1) is 11.2. The monoisotopic (exact) mass is 301 g/mol. The van der Waals surface area contributed by atoms with E-state index in [9.17, 15) is 15.2 Å². The fraction of sp³-hybridized carbons (Fsp3) is 0.100. The number of aliphatic carboxylic acids is 1. The van der Waals surface area contributed by atoms with E-state index in [1.165, 1.54) is 0 Å². The largest absolute Gasteiger partial charge is 0.480 e. The second-order valence-electron chi connectivity index (χ2n) is 5.40. The predicted octanol–water partition coefficient (Wildman–Crippen LogP) is 4.20. The number of hydrogen-bond acceptors (Lipinski definition) is 2. The number of carboxylic acid groups (broad SMARTS) is 1. The molecule has 0 fully saturated rings. The van der Waals surface area contributed by atoms with E-state index in [4.69, 9.17) is 0 Å². The molecule has 0 saturated heterocycles. The van der Waals surface area contributed by atoms with Crippen LogP contribution >= 0.6 is 0 Å². The Kier molecular flexibility index (Phi) is 4.07. The minimum atomic E-state index is -1.14. The molecule has 0 heterocycles. The number of nitriles is 1. The van der Waals surface area contributed by atoms with Crippen LogP contribution in [-0.4, -0.2) is 11.1 Å². The summed E-state index contributed by atoms with van der Waals surface area (Å²) in [7, 11) is 0. The minimum absolute atomic E-state index is 0.509. The van der Waals surface area contributed by atoms with Gasteiger partial charge in [-0.2, -0.15) is 5.26 Å². The Labute approximate surface area is 134 Å². The molecule has 3 aromatic carbocycles. The quantitative estimate of drug-likeness (QED) is 0.785. The molecule has 23 heavy (non-hydrogen) atoms. The molecule has 0 radical (unpaired) electrons. The van der Waals surface area contributed by atoms with Gasteiger partial charge in [-0.3, -0.25) is 4.79 Å². The molecule has 3 rings (SSSR count). The maximum atomic E-state index is 11.6. The number of carbonyl (C=O) groups is 1. The Morgan fingerprint density at radius 2 is 1.57 bits per heavy atom. The Hall–Kier alpha value is -3.12. The molecule has 2 unspecified atom stereocenters. The Morgan fingerprint density at radius 3 is 2.26 bits per heavy atom. The maximum absolute atomic E-state index is 11.6. The van der Waals surface area contributed by atoms with E-state index >= 15 is 0 Å². The van der Waals surface area contributed by atoms with Crippen molar-refractivity contribution in [3.63, 3.8) is 0 Å². The van der Waals surface area contributed by atoms with Crippen LogP contribution in [0.5, 0.6) is 0 Å². The van der Waals surface area contributed by atoms with Crippen LogP contribution < -0.4 is 0 Å². The van der Waals surface area contributed by atoms with Crippen molar-refractivity contribution in [3.05, 3.63) is 83.9 Å². The summed E-state index contributed by atoms with van der Waals surface area (Å²) in [4.78, 5) is 11.6. The molecule has 0 aliphatic carbocycles. The first kappa shape index (κ1) is 14.8. The lowest BCUT2D eigenvalue weighted by molar-refractivity contribution is -0.140. The van der Waals surface area contributed by atoms with Gasteiger partial charge in [0.25, 0.3) is 0 Å². The van der Waals surface area contributed by atoms with Crippen LogP contribution in [0.15, 0.2) is 72.8 Å². The summed E-state index contributed by atoms with van der Waals surface area (Å²) in [6, 6.07) is 25.0. The van der Waals surface area contributed by atoms with Gasteiger partial charge in [-0.05, 0) is 21.9 Å². The molecule has 0 saturated carbocycles. The number of benzene rings is 3. The van der Waals surface area contributed by atoms with Crippen molar-refractivity contribution in [2.45, 2.75) is 5.92 Å². The lowest BCUT2D eigenvalue weighted by Gasteiger charge is -2.22. The highest BCUT2D eigenvalue weighted by Crippen LogP contribution is 2.36.